The molecule has 0 spiro atoms. The highest BCUT2D eigenvalue weighted by Crippen LogP contribution is 2.32. The molecule has 3 N–H and O–H groups in total. The van der Waals surface area contributed by atoms with E-state index in [0.717, 1.165) is 5.56 Å². The van der Waals surface area contributed by atoms with E-state index in [0.29, 0.717) is 30.4 Å². The molecule has 2 amide bonds. The van der Waals surface area contributed by atoms with Crippen molar-refractivity contribution in [2.45, 2.75) is 20.4 Å². The molecule has 1 aliphatic rings. The van der Waals surface area contributed by atoms with Crippen LogP contribution in [0.2, 0.25) is 0 Å². The van der Waals surface area contributed by atoms with Gasteiger partial charge in [0, 0.05) is 13.1 Å². The Kier molecular flexibility index (Phi) is 4.80. The number of anilines is 1. The topological polar surface area (TPSA) is 84.7 Å². The summed E-state index contributed by atoms with van der Waals surface area (Å²) in [6.07, 6.45) is 0. The lowest BCUT2D eigenvalue weighted by atomic mass is 10.1. The van der Waals surface area contributed by atoms with Crippen LogP contribution in [0.3, 0.4) is 0 Å². The zero-order valence-electron chi connectivity index (χ0n) is 12.4. The number of amides is 2. The third-order valence-corrected chi connectivity index (χ3v) is 3.21. The van der Waals surface area contributed by atoms with Crippen LogP contribution in [0.25, 0.3) is 0 Å². The average molecular weight is 291 g/mol. The van der Waals surface area contributed by atoms with Gasteiger partial charge in [0.15, 0.2) is 6.61 Å². The molecule has 2 rings (SSSR count). The van der Waals surface area contributed by atoms with E-state index in [1.54, 1.807) is 12.1 Å². The molecular weight excluding hydrogens is 270 g/mol. The summed E-state index contributed by atoms with van der Waals surface area (Å²) in [6.45, 7) is 4.94. The maximum absolute atomic E-state index is 12.0. The third-order valence-electron chi connectivity index (χ3n) is 3.21. The first kappa shape index (κ1) is 15.3. The van der Waals surface area contributed by atoms with Gasteiger partial charge in [0.05, 0.1) is 5.69 Å². The molecule has 0 aliphatic carbocycles. The molecule has 0 saturated heterocycles. The van der Waals surface area contributed by atoms with Crippen LogP contribution >= 0.6 is 0 Å². The Morgan fingerprint density at radius 1 is 1.48 bits per heavy atom. The Balaban J connectivity index is 2.15. The minimum atomic E-state index is -0.226. The van der Waals surface area contributed by atoms with E-state index >= 15 is 0 Å². The molecule has 6 nitrogen and oxygen atoms in total. The smallest absolute Gasteiger partial charge is 0.265 e. The molecule has 0 saturated carbocycles. The second-order valence-electron chi connectivity index (χ2n) is 5.47. The number of nitrogens with two attached hydrogens (primary N) is 1. The molecule has 0 atom stereocenters. The molecule has 1 heterocycles. The van der Waals surface area contributed by atoms with Gasteiger partial charge in [-0.05, 0) is 23.6 Å². The van der Waals surface area contributed by atoms with Crippen molar-refractivity contribution in [3.63, 3.8) is 0 Å². The van der Waals surface area contributed by atoms with E-state index in [4.69, 9.17) is 10.5 Å². The number of carbonyl (C=O) groups excluding carboxylic acids is 2. The molecule has 21 heavy (non-hydrogen) atoms. The lowest BCUT2D eigenvalue weighted by molar-refractivity contribution is -0.125. The molecular formula is C15H21N3O3. The Morgan fingerprint density at radius 3 is 2.90 bits per heavy atom. The predicted octanol–water partition coefficient (Wildman–Crippen LogP) is 0.643. The predicted molar refractivity (Wildman–Crippen MR) is 80.0 cm³/mol. The summed E-state index contributed by atoms with van der Waals surface area (Å²) in [4.78, 5) is 25.4. The van der Waals surface area contributed by atoms with Gasteiger partial charge in [-0.15, -0.1) is 0 Å². The Hall–Kier alpha value is -2.08. The standard InChI is InChI=1S/C15H21N3O3/c1-10(2)7-17-14(19)8-18-12-5-11(6-16)3-4-13(12)21-9-15(18)20/h3-5,10H,6-9,16H2,1-2H3,(H,17,19). The van der Waals surface area contributed by atoms with Crippen molar-refractivity contribution >= 4 is 17.5 Å². The molecule has 0 radical (unpaired) electrons. The van der Waals surface area contributed by atoms with Crippen molar-refractivity contribution in [1.82, 2.24) is 5.32 Å². The van der Waals surface area contributed by atoms with E-state index in [9.17, 15) is 9.59 Å². The Bertz CT molecular complexity index is 543. The normalized spacial score (nSPS) is 13.9. The van der Waals surface area contributed by atoms with Gasteiger partial charge in [0.25, 0.3) is 5.91 Å². The van der Waals surface area contributed by atoms with Gasteiger partial charge in [-0.2, -0.15) is 0 Å². The first-order valence-electron chi connectivity index (χ1n) is 7.04. The SMILES string of the molecule is CC(C)CNC(=O)CN1C(=O)COc2ccc(CN)cc21. The molecule has 1 aromatic rings. The van der Waals surface area contributed by atoms with Crippen LogP contribution < -0.4 is 20.7 Å². The van der Waals surface area contributed by atoms with Crippen LogP contribution in [0, 0.1) is 5.92 Å². The van der Waals surface area contributed by atoms with E-state index in [1.165, 1.54) is 4.90 Å². The first-order valence-corrected chi connectivity index (χ1v) is 7.04. The van der Waals surface area contributed by atoms with Crippen LogP contribution in [0.4, 0.5) is 5.69 Å². The third kappa shape index (κ3) is 3.72. The van der Waals surface area contributed by atoms with Crippen molar-refractivity contribution in [3.05, 3.63) is 23.8 Å². The fraction of sp³-hybridized carbons (Fsp3) is 0.467. The number of benzene rings is 1. The largest absolute Gasteiger partial charge is 0.482 e. The number of rotatable bonds is 5. The van der Waals surface area contributed by atoms with Gasteiger partial charge in [-0.25, -0.2) is 0 Å². The zero-order chi connectivity index (χ0) is 15.4. The van der Waals surface area contributed by atoms with E-state index < -0.39 is 0 Å². The summed E-state index contributed by atoms with van der Waals surface area (Å²) >= 11 is 0. The monoisotopic (exact) mass is 291 g/mol. The lowest BCUT2D eigenvalue weighted by Crippen LogP contribution is -2.45. The molecule has 114 valence electrons. The fourth-order valence-corrected chi connectivity index (χ4v) is 2.07. The minimum Gasteiger partial charge on any atom is -0.482 e. The number of nitrogens with zero attached hydrogens (tertiary/aromatic N) is 1. The van der Waals surface area contributed by atoms with Gasteiger partial charge < -0.3 is 15.8 Å². The molecule has 0 aromatic heterocycles. The molecule has 1 aliphatic heterocycles. The van der Waals surface area contributed by atoms with Crippen molar-refractivity contribution in [3.8, 4) is 5.75 Å². The van der Waals surface area contributed by atoms with Crippen molar-refractivity contribution in [2.24, 2.45) is 11.7 Å². The van der Waals surface area contributed by atoms with Gasteiger partial charge in [0.2, 0.25) is 5.91 Å². The van der Waals surface area contributed by atoms with Crippen molar-refractivity contribution in [1.29, 1.82) is 0 Å². The molecule has 6 heteroatoms. The van der Waals surface area contributed by atoms with Crippen LogP contribution in [0.1, 0.15) is 19.4 Å². The maximum Gasteiger partial charge on any atom is 0.265 e. The first-order chi connectivity index (χ1) is 10.0. The van der Waals surface area contributed by atoms with Crippen LogP contribution in [0.15, 0.2) is 18.2 Å². The van der Waals surface area contributed by atoms with Crippen LogP contribution in [-0.2, 0) is 16.1 Å². The molecule has 1 aromatic carbocycles. The van der Waals surface area contributed by atoms with E-state index in [1.807, 2.05) is 19.9 Å². The van der Waals surface area contributed by atoms with Gasteiger partial charge in [-0.1, -0.05) is 19.9 Å². The number of carbonyl (C=O) groups is 2. The molecule has 0 fully saturated rings. The lowest BCUT2D eigenvalue weighted by Gasteiger charge is -2.29. The van der Waals surface area contributed by atoms with Gasteiger partial charge >= 0.3 is 0 Å². The number of hydrogen-bond acceptors (Lipinski definition) is 4. The molecule has 0 bridgehead atoms. The summed E-state index contributed by atoms with van der Waals surface area (Å²) in [5.74, 6) is 0.563. The average Bonchev–Trinajstić information content (AvgIpc) is 2.47. The number of ether oxygens (including phenoxy) is 1. The van der Waals surface area contributed by atoms with Gasteiger partial charge in [0.1, 0.15) is 12.3 Å². The second-order valence-corrected chi connectivity index (χ2v) is 5.47. The number of fused-ring (bicyclic) bond motifs is 1. The maximum atomic E-state index is 12.0. The van der Waals surface area contributed by atoms with Crippen LogP contribution in [-0.4, -0.2) is 31.5 Å². The highest BCUT2D eigenvalue weighted by molar-refractivity contribution is 6.02. The summed E-state index contributed by atoms with van der Waals surface area (Å²) in [6, 6.07) is 5.43. The Labute approximate surface area is 124 Å². The van der Waals surface area contributed by atoms with Crippen LogP contribution in [0.5, 0.6) is 5.75 Å². The second kappa shape index (κ2) is 6.58. The summed E-state index contributed by atoms with van der Waals surface area (Å²) in [7, 11) is 0. The van der Waals surface area contributed by atoms with E-state index in [-0.39, 0.29) is 25.0 Å². The number of nitrogens with one attached hydrogen (secondary N) is 1. The Morgan fingerprint density at radius 2 is 2.24 bits per heavy atom. The van der Waals surface area contributed by atoms with Gasteiger partial charge in [-0.3, -0.25) is 14.5 Å². The summed E-state index contributed by atoms with van der Waals surface area (Å²) in [5, 5.41) is 2.81. The zero-order valence-corrected chi connectivity index (χ0v) is 12.4. The molecule has 0 unspecified atom stereocenters. The summed E-state index contributed by atoms with van der Waals surface area (Å²) in [5.41, 5.74) is 7.12. The summed E-state index contributed by atoms with van der Waals surface area (Å²) < 4.78 is 5.38. The van der Waals surface area contributed by atoms with Crippen molar-refractivity contribution in [2.75, 3.05) is 24.6 Å². The highest BCUT2D eigenvalue weighted by atomic mass is 16.5. The van der Waals surface area contributed by atoms with Crippen molar-refractivity contribution < 1.29 is 14.3 Å². The highest BCUT2D eigenvalue weighted by Gasteiger charge is 2.27. The van der Waals surface area contributed by atoms with E-state index in [2.05, 4.69) is 5.32 Å². The quantitative estimate of drug-likeness (QED) is 0.834. The minimum absolute atomic E-state index is 0.00403. The fourth-order valence-electron chi connectivity index (χ4n) is 2.07. The number of hydrogen-bond donors (Lipinski definition) is 2.